The second-order valence-electron chi connectivity index (χ2n) is 4.10. The molecule has 0 fully saturated rings. The van der Waals surface area contributed by atoms with Crippen LogP contribution in [0.3, 0.4) is 0 Å². The Morgan fingerprint density at radius 1 is 1.47 bits per heavy atom. The minimum absolute atomic E-state index is 0.0622. The Hall–Kier alpha value is -1.95. The van der Waals surface area contributed by atoms with Crippen LogP contribution in [0, 0.1) is 5.82 Å². The van der Waals surface area contributed by atoms with Crippen molar-refractivity contribution in [2.75, 3.05) is 0 Å². The Morgan fingerprint density at radius 2 is 2.26 bits per heavy atom. The lowest BCUT2D eigenvalue weighted by Crippen LogP contribution is -2.03. The van der Waals surface area contributed by atoms with Gasteiger partial charge in [0, 0.05) is 18.1 Å². The average Bonchev–Trinajstić information content (AvgIpc) is 2.84. The minimum atomic E-state index is -0.743. The number of benzene rings is 1. The van der Waals surface area contributed by atoms with Gasteiger partial charge in [-0.15, -0.1) is 0 Å². The van der Waals surface area contributed by atoms with E-state index in [1.54, 1.807) is 6.92 Å². The predicted molar refractivity (Wildman–Crippen MR) is 65.0 cm³/mol. The molecule has 0 amide bonds. The highest BCUT2D eigenvalue weighted by molar-refractivity contribution is 5.35. The SMILES string of the molecule is CCc1nc(COc2cc(F)ccc2C(C)O)no1. The van der Waals surface area contributed by atoms with Gasteiger partial charge in [-0.1, -0.05) is 12.1 Å². The molecule has 1 atom stereocenters. The van der Waals surface area contributed by atoms with Crippen molar-refractivity contribution in [3.63, 3.8) is 0 Å². The molecule has 6 heteroatoms. The molecule has 5 nitrogen and oxygen atoms in total. The number of hydrogen-bond donors (Lipinski definition) is 1. The molecule has 19 heavy (non-hydrogen) atoms. The average molecular weight is 266 g/mol. The monoisotopic (exact) mass is 266 g/mol. The molecule has 0 saturated heterocycles. The molecule has 1 N–H and O–H groups in total. The van der Waals surface area contributed by atoms with E-state index >= 15 is 0 Å². The Bertz CT molecular complexity index is 555. The van der Waals surface area contributed by atoms with Gasteiger partial charge in [0.05, 0.1) is 6.10 Å². The van der Waals surface area contributed by atoms with Crippen LogP contribution < -0.4 is 4.74 Å². The Morgan fingerprint density at radius 3 is 2.89 bits per heavy atom. The van der Waals surface area contributed by atoms with E-state index < -0.39 is 11.9 Å². The summed E-state index contributed by atoms with van der Waals surface area (Å²) in [7, 11) is 0. The Labute approximate surface area is 110 Å². The maximum atomic E-state index is 13.2. The van der Waals surface area contributed by atoms with Gasteiger partial charge in [-0.05, 0) is 19.1 Å². The fourth-order valence-electron chi connectivity index (χ4n) is 1.61. The van der Waals surface area contributed by atoms with Crippen molar-refractivity contribution in [2.45, 2.75) is 33.0 Å². The van der Waals surface area contributed by atoms with E-state index in [4.69, 9.17) is 9.26 Å². The van der Waals surface area contributed by atoms with Gasteiger partial charge in [-0.2, -0.15) is 4.98 Å². The maximum Gasteiger partial charge on any atom is 0.226 e. The number of aromatic nitrogens is 2. The lowest BCUT2D eigenvalue weighted by Gasteiger charge is -2.12. The summed E-state index contributed by atoms with van der Waals surface area (Å²) in [6.07, 6.45) is -0.0987. The van der Waals surface area contributed by atoms with E-state index in [9.17, 15) is 9.50 Å². The molecule has 1 heterocycles. The zero-order valence-corrected chi connectivity index (χ0v) is 10.8. The smallest absolute Gasteiger partial charge is 0.226 e. The third-order valence-electron chi connectivity index (χ3n) is 2.60. The third kappa shape index (κ3) is 3.29. The van der Waals surface area contributed by atoms with Crippen molar-refractivity contribution in [1.82, 2.24) is 10.1 Å². The van der Waals surface area contributed by atoms with Crippen LogP contribution in [0.1, 0.15) is 37.2 Å². The van der Waals surface area contributed by atoms with Crippen molar-refractivity contribution in [2.24, 2.45) is 0 Å². The topological polar surface area (TPSA) is 68.4 Å². The van der Waals surface area contributed by atoms with Crippen LogP contribution >= 0.6 is 0 Å². The molecule has 2 rings (SSSR count). The lowest BCUT2D eigenvalue weighted by molar-refractivity contribution is 0.189. The highest BCUT2D eigenvalue weighted by Crippen LogP contribution is 2.26. The summed E-state index contributed by atoms with van der Waals surface area (Å²) >= 11 is 0. The number of aliphatic hydroxyl groups excluding tert-OH is 1. The van der Waals surface area contributed by atoms with Gasteiger partial charge < -0.3 is 14.4 Å². The molecule has 0 aliphatic carbocycles. The molecule has 2 aromatic rings. The molecule has 0 bridgehead atoms. The van der Waals surface area contributed by atoms with Gasteiger partial charge in [0.1, 0.15) is 11.6 Å². The molecule has 0 spiro atoms. The van der Waals surface area contributed by atoms with E-state index in [1.165, 1.54) is 18.2 Å². The number of aliphatic hydroxyl groups is 1. The first-order valence-electron chi connectivity index (χ1n) is 6.02. The van der Waals surface area contributed by atoms with Gasteiger partial charge in [-0.25, -0.2) is 4.39 Å². The summed E-state index contributed by atoms with van der Waals surface area (Å²) in [5, 5.41) is 13.3. The minimum Gasteiger partial charge on any atom is -0.485 e. The molecule has 1 aromatic carbocycles. The van der Waals surface area contributed by atoms with E-state index in [2.05, 4.69) is 10.1 Å². The second-order valence-corrected chi connectivity index (χ2v) is 4.10. The number of halogens is 1. The van der Waals surface area contributed by atoms with E-state index in [1.807, 2.05) is 6.92 Å². The molecule has 1 unspecified atom stereocenters. The standard InChI is InChI=1S/C13H15FN2O3/c1-3-13-15-12(16-19-13)7-18-11-6-9(14)4-5-10(11)8(2)17/h4-6,8,17H,3,7H2,1-2H3. The maximum absolute atomic E-state index is 13.2. The fourth-order valence-corrected chi connectivity index (χ4v) is 1.61. The Kier molecular flexibility index (Phi) is 4.11. The summed E-state index contributed by atoms with van der Waals surface area (Å²) in [4.78, 5) is 4.08. The van der Waals surface area contributed by atoms with Gasteiger partial charge in [0.15, 0.2) is 6.61 Å². The zero-order chi connectivity index (χ0) is 13.8. The van der Waals surface area contributed by atoms with Gasteiger partial charge in [0.2, 0.25) is 11.7 Å². The van der Waals surface area contributed by atoms with Crippen molar-refractivity contribution in [3.8, 4) is 5.75 Å². The summed E-state index contributed by atoms with van der Waals surface area (Å²) in [5.41, 5.74) is 0.514. The highest BCUT2D eigenvalue weighted by atomic mass is 19.1. The van der Waals surface area contributed by atoms with Crippen LogP contribution in [0.15, 0.2) is 22.7 Å². The fraction of sp³-hybridized carbons (Fsp3) is 0.385. The van der Waals surface area contributed by atoms with Gasteiger partial charge >= 0.3 is 0 Å². The normalized spacial score (nSPS) is 12.4. The van der Waals surface area contributed by atoms with Crippen LogP contribution in [0.2, 0.25) is 0 Å². The van der Waals surface area contributed by atoms with Crippen LogP contribution in [-0.2, 0) is 13.0 Å². The number of hydrogen-bond acceptors (Lipinski definition) is 5. The number of rotatable bonds is 5. The summed E-state index contributed by atoms with van der Waals surface area (Å²) in [6.45, 7) is 3.55. The van der Waals surface area contributed by atoms with E-state index in [0.29, 0.717) is 23.7 Å². The number of nitrogens with zero attached hydrogens (tertiary/aromatic N) is 2. The zero-order valence-electron chi connectivity index (χ0n) is 10.8. The number of ether oxygens (including phenoxy) is 1. The molecule has 0 radical (unpaired) electrons. The van der Waals surface area contributed by atoms with E-state index in [-0.39, 0.29) is 12.4 Å². The molecule has 102 valence electrons. The van der Waals surface area contributed by atoms with Crippen LogP contribution in [0.5, 0.6) is 5.75 Å². The Balaban J connectivity index is 2.12. The molecular weight excluding hydrogens is 251 g/mol. The van der Waals surface area contributed by atoms with Gasteiger partial charge in [0.25, 0.3) is 0 Å². The van der Waals surface area contributed by atoms with E-state index in [0.717, 1.165) is 0 Å². The summed E-state index contributed by atoms with van der Waals surface area (Å²) < 4.78 is 23.6. The molecule has 1 aromatic heterocycles. The van der Waals surface area contributed by atoms with Gasteiger partial charge in [-0.3, -0.25) is 0 Å². The lowest BCUT2D eigenvalue weighted by atomic mass is 10.1. The van der Waals surface area contributed by atoms with Crippen molar-refractivity contribution < 1.29 is 18.8 Å². The summed E-state index contributed by atoms with van der Waals surface area (Å²) in [6, 6.07) is 3.99. The van der Waals surface area contributed by atoms with Crippen molar-refractivity contribution >= 4 is 0 Å². The second kappa shape index (κ2) is 5.79. The first-order valence-corrected chi connectivity index (χ1v) is 6.02. The largest absolute Gasteiger partial charge is 0.485 e. The molecular formula is C13H15FN2O3. The summed E-state index contributed by atoms with van der Waals surface area (Å²) in [5.74, 6) is 0.755. The third-order valence-corrected chi connectivity index (χ3v) is 2.60. The quantitative estimate of drug-likeness (QED) is 0.900. The van der Waals surface area contributed by atoms with Crippen molar-refractivity contribution in [3.05, 3.63) is 41.3 Å². The number of aryl methyl sites for hydroxylation is 1. The first-order chi connectivity index (χ1) is 9.10. The van der Waals surface area contributed by atoms with Crippen molar-refractivity contribution in [1.29, 1.82) is 0 Å². The highest BCUT2D eigenvalue weighted by Gasteiger charge is 2.12. The first kappa shape index (κ1) is 13.5. The van der Waals surface area contributed by atoms with Crippen LogP contribution in [0.25, 0.3) is 0 Å². The van der Waals surface area contributed by atoms with Crippen LogP contribution in [0.4, 0.5) is 4.39 Å². The molecule has 0 aliphatic heterocycles. The van der Waals surface area contributed by atoms with Crippen LogP contribution in [-0.4, -0.2) is 15.2 Å². The predicted octanol–water partition coefficient (Wildman–Crippen LogP) is 2.40. The molecule has 0 aliphatic rings. The molecule has 0 saturated carbocycles.